The Hall–Kier alpha value is -1.85. The van der Waals surface area contributed by atoms with Crippen LogP contribution in [0.3, 0.4) is 0 Å². The van der Waals surface area contributed by atoms with E-state index < -0.39 is 0 Å². The molecule has 20 heavy (non-hydrogen) atoms. The quantitative estimate of drug-likeness (QED) is 0.872. The molecule has 2 aromatic rings. The Morgan fingerprint density at radius 3 is 2.85 bits per heavy atom. The van der Waals surface area contributed by atoms with E-state index in [9.17, 15) is 4.79 Å². The molecular formula is C15H20N2O3. The number of para-hydroxylation sites is 1. The second-order valence-corrected chi connectivity index (χ2v) is 4.80. The third-order valence-corrected chi connectivity index (χ3v) is 3.29. The van der Waals surface area contributed by atoms with Crippen LogP contribution in [0.1, 0.15) is 12.2 Å². The van der Waals surface area contributed by atoms with Gasteiger partial charge in [0.05, 0.1) is 19.1 Å². The molecular weight excluding hydrogens is 256 g/mol. The first kappa shape index (κ1) is 14.6. The lowest BCUT2D eigenvalue weighted by atomic mass is 10.2. The number of ether oxygens (including phenoxy) is 1. The van der Waals surface area contributed by atoms with Crippen LogP contribution in [0.25, 0.3) is 11.0 Å². The van der Waals surface area contributed by atoms with Crippen molar-refractivity contribution in [1.29, 1.82) is 0 Å². The number of amides is 1. The Labute approximate surface area is 118 Å². The fourth-order valence-corrected chi connectivity index (χ4v) is 2.05. The van der Waals surface area contributed by atoms with Gasteiger partial charge in [-0.1, -0.05) is 18.2 Å². The average molecular weight is 276 g/mol. The van der Waals surface area contributed by atoms with Gasteiger partial charge in [-0.15, -0.1) is 0 Å². The van der Waals surface area contributed by atoms with Gasteiger partial charge in [0.15, 0.2) is 0 Å². The molecule has 5 nitrogen and oxygen atoms in total. The van der Waals surface area contributed by atoms with Gasteiger partial charge in [0, 0.05) is 26.1 Å². The summed E-state index contributed by atoms with van der Waals surface area (Å²) >= 11 is 0. The maximum atomic E-state index is 12.0. The van der Waals surface area contributed by atoms with E-state index >= 15 is 0 Å². The van der Waals surface area contributed by atoms with Crippen LogP contribution in [0.4, 0.5) is 0 Å². The molecule has 0 radical (unpaired) electrons. The molecule has 0 fully saturated rings. The molecule has 1 amide bonds. The van der Waals surface area contributed by atoms with E-state index in [1.54, 1.807) is 19.1 Å². The molecule has 5 heteroatoms. The van der Waals surface area contributed by atoms with Gasteiger partial charge >= 0.3 is 0 Å². The van der Waals surface area contributed by atoms with Crippen molar-refractivity contribution in [2.24, 2.45) is 5.73 Å². The van der Waals surface area contributed by atoms with Crippen LogP contribution in [0.2, 0.25) is 0 Å². The van der Waals surface area contributed by atoms with Crippen LogP contribution < -0.4 is 5.73 Å². The largest absolute Gasteiger partial charge is 0.459 e. The molecule has 0 bridgehead atoms. The monoisotopic (exact) mass is 276 g/mol. The van der Waals surface area contributed by atoms with Crippen LogP contribution in [0.5, 0.6) is 0 Å². The van der Waals surface area contributed by atoms with Gasteiger partial charge in [0.25, 0.3) is 0 Å². The normalized spacial score (nSPS) is 12.6. The highest BCUT2D eigenvalue weighted by Gasteiger charge is 2.16. The van der Waals surface area contributed by atoms with Gasteiger partial charge in [-0.05, 0) is 12.1 Å². The number of nitrogens with zero attached hydrogens (tertiary/aromatic N) is 1. The molecule has 0 aliphatic heterocycles. The van der Waals surface area contributed by atoms with Crippen LogP contribution >= 0.6 is 0 Å². The highest BCUT2D eigenvalue weighted by Crippen LogP contribution is 2.19. The van der Waals surface area contributed by atoms with Gasteiger partial charge in [-0.2, -0.15) is 0 Å². The summed E-state index contributed by atoms with van der Waals surface area (Å²) < 4.78 is 10.8. The fourth-order valence-electron chi connectivity index (χ4n) is 2.05. The number of hydrogen-bond donors (Lipinski definition) is 1. The van der Waals surface area contributed by atoms with E-state index in [-0.39, 0.29) is 18.4 Å². The third kappa shape index (κ3) is 3.37. The highest BCUT2D eigenvalue weighted by molar-refractivity contribution is 5.78. The molecule has 108 valence electrons. The van der Waals surface area contributed by atoms with E-state index in [0.29, 0.717) is 13.1 Å². The number of carbonyl (C=O) groups excluding carboxylic acids is 1. The number of furan rings is 1. The van der Waals surface area contributed by atoms with Gasteiger partial charge in [-0.25, -0.2) is 0 Å². The van der Waals surface area contributed by atoms with Crippen molar-refractivity contribution >= 4 is 16.9 Å². The number of benzene rings is 1. The van der Waals surface area contributed by atoms with Crippen molar-refractivity contribution < 1.29 is 13.9 Å². The van der Waals surface area contributed by atoms with Crippen molar-refractivity contribution in [2.75, 3.05) is 20.7 Å². The predicted octanol–water partition coefficient (Wildman–Crippen LogP) is 1.75. The molecule has 0 saturated carbocycles. The second kappa shape index (κ2) is 6.54. The first-order valence-corrected chi connectivity index (χ1v) is 6.58. The lowest BCUT2D eigenvalue weighted by Gasteiger charge is -2.19. The van der Waals surface area contributed by atoms with Crippen molar-refractivity contribution in [3.8, 4) is 0 Å². The Morgan fingerprint density at radius 2 is 2.20 bits per heavy atom. The molecule has 1 aromatic carbocycles. The summed E-state index contributed by atoms with van der Waals surface area (Å²) in [5.74, 6) is 0.756. The van der Waals surface area contributed by atoms with E-state index in [1.807, 2.05) is 30.3 Å². The topological polar surface area (TPSA) is 68.7 Å². The van der Waals surface area contributed by atoms with Gasteiger partial charge in [0.2, 0.25) is 5.91 Å². The maximum Gasteiger partial charge on any atom is 0.225 e. The van der Waals surface area contributed by atoms with Gasteiger partial charge in [0.1, 0.15) is 11.3 Å². The first-order valence-electron chi connectivity index (χ1n) is 6.58. The van der Waals surface area contributed by atoms with Crippen LogP contribution in [0, 0.1) is 0 Å². The maximum absolute atomic E-state index is 12.0. The van der Waals surface area contributed by atoms with E-state index in [2.05, 4.69) is 0 Å². The first-order chi connectivity index (χ1) is 9.63. The molecule has 1 atom stereocenters. The second-order valence-electron chi connectivity index (χ2n) is 4.80. The molecule has 0 aliphatic carbocycles. The zero-order valence-corrected chi connectivity index (χ0v) is 11.8. The van der Waals surface area contributed by atoms with Crippen molar-refractivity contribution in [3.63, 3.8) is 0 Å². The van der Waals surface area contributed by atoms with E-state index in [1.165, 1.54) is 0 Å². The average Bonchev–Trinajstić information content (AvgIpc) is 2.86. The minimum Gasteiger partial charge on any atom is -0.459 e. The lowest BCUT2D eigenvalue weighted by Crippen LogP contribution is -2.33. The molecule has 0 saturated heterocycles. The molecule has 2 N–H and O–H groups in total. The van der Waals surface area contributed by atoms with Gasteiger partial charge < -0.3 is 19.8 Å². The highest BCUT2D eigenvalue weighted by atomic mass is 16.5. The molecule has 0 aliphatic rings. The van der Waals surface area contributed by atoms with Crippen LogP contribution in [-0.2, 0) is 16.1 Å². The number of hydrogen-bond acceptors (Lipinski definition) is 4. The fraction of sp³-hybridized carbons (Fsp3) is 0.400. The van der Waals surface area contributed by atoms with E-state index in [4.69, 9.17) is 14.9 Å². The smallest absolute Gasteiger partial charge is 0.225 e. The Morgan fingerprint density at radius 1 is 1.45 bits per heavy atom. The summed E-state index contributed by atoms with van der Waals surface area (Å²) in [6.45, 7) is 0.773. The summed E-state index contributed by atoms with van der Waals surface area (Å²) in [4.78, 5) is 13.7. The van der Waals surface area contributed by atoms with Crippen molar-refractivity contribution in [3.05, 3.63) is 36.1 Å². The lowest BCUT2D eigenvalue weighted by molar-refractivity contribution is -0.133. The number of rotatable bonds is 6. The van der Waals surface area contributed by atoms with Gasteiger partial charge in [-0.3, -0.25) is 4.79 Å². The minimum absolute atomic E-state index is 0.0113. The zero-order valence-electron chi connectivity index (χ0n) is 11.8. The summed E-state index contributed by atoms with van der Waals surface area (Å²) in [5.41, 5.74) is 6.35. The molecule has 0 spiro atoms. The molecule has 1 unspecified atom stereocenters. The Bertz CT molecular complexity index is 542. The van der Waals surface area contributed by atoms with E-state index in [0.717, 1.165) is 16.7 Å². The molecule has 2 rings (SSSR count). The summed E-state index contributed by atoms with van der Waals surface area (Å²) in [5, 5.41) is 1.04. The standard InChI is InChI=1S/C15H20N2O3/c1-17(15(18)8-12(9-16)19-2)10-13-7-11-5-3-4-6-14(11)20-13/h3-7,12H,8-10,16H2,1-2H3. The third-order valence-electron chi connectivity index (χ3n) is 3.29. The zero-order chi connectivity index (χ0) is 14.5. The summed E-state index contributed by atoms with van der Waals surface area (Å²) in [6.07, 6.45) is 0.0459. The molecule has 1 aromatic heterocycles. The van der Waals surface area contributed by atoms with Crippen LogP contribution in [-0.4, -0.2) is 37.6 Å². The summed E-state index contributed by atoms with van der Waals surface area (Å²) in [7, 11) is 3.31. The number of fused-ring (bicyclic) bond motifs is 1. The summed E-state index contributed by atoms with van der Waals surface area (Å²) in [6, 6.07) is 9.74. The predicted molar refractivity (Wildman–Crippen MR) is 77.2 cm³/mol. The Kier molecular flexibility index (Phi) is 4.76. The minimum atomic E-state index is -0.236. The number of carbonyl (C=O) groups is 1. The molecule has 1 heterocycles. The SMILES string of the molecule is COC(CN)CC(=O)N(C)Cc1cc2ccccc2o1. The van der Waals surface area contributed by atoms with Crippen molar-refractivity contribution in [1.82, 2.24) is 4.90 Å². The van der Waals surface area contributed by atoms with Crippen LogP contribution in [0.15, 0.2) is 34.7 Å². The number of methoxy groups -OCH3 is 1. The van der Waals surface area contributed by atoms with Crippen molar-refractivity contribution in [2.45, 2.75) is 19.1 Å². The Balaban J connectivity index is 1.99. The number of nitrogens with two attached hydrogens (primary N) is 1.